The molecule has 0 saturated heterocycles. The van der Waals surface area contributed by atoms with Crippen LogP contribution in [0.2, 0.25) is 0 Å². The van der Waals surface area contributed by atoms with Gasteiger partial charge in [0.1, 0.15) is 11.6 Å². The summed E-state index contributed by atoms with van der Waals surface area (Å²) in [7, 11) is 0. The first-order valence-electron chi connectivity index (χ1n) is 7.89. The standard InChI is InChI=1S/C19H17FO6/c1-3-25-18(23)12-7-11(8-13(9-12)19(24)26-4-2)17(22)15-10-14(20)5-6-16(15)21/h5-10,21H,3-4H2,1-2H3. The van der Waals surface area contributed by atoms with E-state index in [1.54, 1.807) is 13.8 Å². The van der Waals surface area contributed by atoms with Gasteiger partial charge in [-0.2, -0.15) is 0 Å². The van der Waals surface area contributed by atoms with E-state index in [1.165, 1.54) is 18.2 Å². The van der Waals surface area contributed by atoms with Gasteiger partial charge in [0, 0.05) is 5.56 Å². The van der Waals surface area contributed by atoms with E-state index in [1.807, 2.05) is 0 Å². The number of phenolic OH excluding ortho intramolecular Hbond substituents is 1. The Bertz CT molecular complexity index is 823. The van der Waals surface area contributed by atoms with Gasteiger partial charge in [0.2, 0.25) is 0 Å². The van der Waals surface area contributed by atoms with Crippen LogP contribution in [0.15, 0.2) is 36.4 Å². The van der Waals surface area contributed by atoms with Crippen LogP contribution in [0.3, 0.4) is 0 Å². The third-order valence-electron chi connectivity index (χ3n) is 3.42. The van der Waals surface area contributed by atoms with Crippen LogP contribution in [-0.4, -0.2) is 36.0 Å². The lowest BCUT2D eigenvalue weighted by Crippen LogP contribution is -2.12. The molecule has 0 aliphatic rings. The second-order valence-corrected chi connectivity index (χ2v) is 5.23. The molecule has 0 fully saturated rings. The Hall–Kier alpha value is -3.22. The van der Waals surface area contributed by atoms with Crippen molar-refractivity contribution >= 4 is 17.7 Å². The Morgan fingerprint density at radius 3 is 1.88 bits per heavy atom. The number of ether oxygens (including phenoxy) is 2. The first-order chi connectivity index (χ1) is 12.4. The Morgan fingerprint density at radius 1 is 0.885 bits per heavy atom. The first-order valence-corrected chi connectivity index (χ1v) is 7.89. The summed E-state index contributed by atoms with van der Waals surface area (Å²) in [5, 5.41) is 9.82. The molecule has 2 aromatic rings. The van der Waals surface area contributed by atoms with Gasteiger partial charge < -0.3 is 14.6 Å². The van der Waals surface area contributed by atoms with Crippen LogP contribution in [0, 0.1) is 5.82 Å². The maximum Gasteiger partial charge on any atom is 0.338 e. The third kappa shape index (κ3) is 4.24. The molecule has 0 unspecified atom stereocenters. The van der Waals surface area contributed by atoms with Gasteiger partial charge in [-0.15, -0.1) is 0 Å². The summed E-state index contributed by atoms with van der Waals surface area (Å²) in [5.74, 6) is -3.33. The van der Waals surface area contributed by atoms with Gasteiger partial charge in [0.25, 0.3) is 0 Å². The maximum atomic E-state index is 13.4. The van der Waals surface area contributed by atoms with Crippen molar-refractivity contribution in [1.82, 2.24) is 0 Å². The van der Waals surface area contributed by atoms with Crippen LogP contribution < -0.4 is 0 Å². The van der Waals surface area contributed by atoms with Gasteiger partial charge in [-0.25, -0.2) is 14.0 Å². The van der Waals surface area contributed by atoms with Gasteiger partial charge >= 0.3 is 11.9 Å². The molecule has 0 bridgehead atoms. The molecule has 2 rings (SSSR count). The van der Waals surface area contributed by atoms with Crippen molar-refractivity contribution in [2.24, 2.45) is 0 Å². The van der Waals surface area contributed by atoms with E-state index in [-0.39, 0.29) is 35.5 Å². The van der Waals surface area contributed by atoms with Crippen molar-refractivity contribution in [3.63, 3.8) is 0 Å². The summed E-state index contributed by atoms with van der Waals surface area (Å²) in [5.41, 5.74) is -0.436. The SMILES string of the molecule is CCOC(=O)c1cc(C(=O)OCC)cc(C(=O)c2cc(F)ccc2O)c1. The van der Waals surface area contributed by atoms with E-state index in [0.717, 1.165) is 18.2 Å². The number of halogens is 1. The number of rotatable bonds is 6. The minimum atomic E-state index is -0.751. The Kier molecular flexibility index (Phi) is 6.06. The van der Waals surface area contributed by atoms with Crippen molar-refractivity contribution in [1.29, 1.82) is 0 Å². The van der Waals surface area contributed by atoms with Crippen molar-refractivity contribution < 1.29 is 33.4 Å². The highest BCUT2D eigenvalue weighted by atomic mass is 19.1. The Labute approximate surface area is 149 Å². The summed E-state index contributed by atoms with van der Waals surface area (Å²) in [6.45, 7) is 3.45. The number of hydrogen-bond acceptors (Lipinski definition) is 6. The number of aromatic hydroxyl groups is 1. The molecule has 1 N–H and O–H groups in total. The van der Waals surface area contributed by atoms with E-state index in [9.17, 15) is 23.9 Å². The van der Waals surface area contributed by atoms with Crippen LogP contribution >= 0.6 is 0 Å². The average molecular weight is 360 g/mol. The van der Waals surface area contributed by atoms with E-state index >= 15 is 0 Å². The minimum Gasteiger partial charge on any atom is -0.507 e. The second kappa shape index (κ2) is 8.24. The molecule has 7 heteroatoms. The lowest BCUT2D eigenvalue weighted by molar-refractivity contribution is 0.0525. The zero-order valence-corrected chi connectivity index (χ0v) is 14.2. The van der Waals surface area contributed by atoms with Gasteiger partial charge in [0.15, 0.2) is 5.78 Å². The molecule has 6 nitrogen and oxygen atoms in total. The zero-order chi connectivity index (χ0) is 19.3. The highest BCUT2D eigenvalue weighted by molar-refractivity contribution is 6.12. The fourth-order valence-corrected chi connectivity index (χ4v) is 2.27. The predicted octanol–water partition coefficient (Wildman–Crippen LogP) is 3.12. The van der Waals surface area contributed by atoms with Crippen LogP contribution in [0.1, 0.15) is 50.5 Å². The van der Waals surface area contributed by atoms with Crippen molar-refractivity contribution in [3.05, 3.63) is 64.5 Å². The molecule has 0 radical (unpaired) electrons. The molecule has 0 heterocycles. The predicted molar refractivity (Wildman–Crippen MR) is 89.9 cm³/mol. The largest absolute Gasteiger partial charge is 0.507 e. The number of hydrogen-bond donors (Lipinski definition) is 1. The smallest absolute Gasteiger partial charge is 0.338 e. The number of benzene rings is 2. The molecular weight excluding hydrogens is 343 g/mol. The number of ketones is 1. The summed E-state index contributed by atoms with van der Waals surface area (Å²) >= 11 is 0. The summed E-state index contributed by atoms with van der Waals surface area (Å²) in [4.78, 5) is 36.7. The van der Waals surface area contributed by atoms with Gasteiger partial charge in [-0.3, -0.25) is 4.79 Å². The Morgan fingerprint density at radius 2 is 1.38 bits per heavy atom. The van der Waals surface area contributed by atoms with Crippen LogP contribution in [-0.2, 0) is 9.47 Å². The molecule has 0 spiro atoms. The molecule has 0 aliphatic carbocycles. The molecule has 26 heavy (non-hydrogen) atoms. The van der Waals surface area contributed by atoms with Crippen LogP contribution in [0.5, 0.6) is 5.75 Å². The molecule has 0 aliphatic heterocycles. The first kappa shape index (κ1) is 19.1. The second-order valence-electron chi connectivity index (χ2n) is 5.23. The lowest BCUT2D eigenvalue weighted by atomic mass is 9.98. The molecule has 0 saturated carbocycles. The summed E-state index contributed by atoms with van der Waals surface area (Å²) in [6.07, 6.45) is 0. The number of esters is 2. The number of phenols is 1. The van der Waals surface area contributed by atoms with Crippen molar-refractivity contribution in [3.8, 4) is 5.75 Å². The van der Waals surface area contributed by atoms with Crippen LogP contribution in [0.25, 0.3) is 0 Å². The van der Waals surface area contributed by atoms with E-state index < -0.39 is 29.3 Å². The molecule has 0 amide bonds. The van der Waals surface area contributed by atoms with Crippen molar-refractivity contribution in [2.75, 3.05) is 13.2 Å². The van der Waals surface area contributed by atoms with Crippen molar-refractivity contribution in [2.45, 2.75) is 13.8 Å². The van der Waals surface area contributed by atoms with Gasteiger partial charge in [0.05, 0.1) is 29.9 Å². The summed E-state index contributed by atoms with van der Waals surface area (Å²) < 4.78 is 23.2. The topological polar surface area (TPSA) is 89.9 Å². The minimum absolute atomic E-state index is 0.0309. The molecular formula is C19H17FO6. The average Bonchev–Trinajstić information content (AvgIpc) is 2.63. The summed E-state index contributed by atoms with van der Waals surface area (Å²) in [6, 6.07) is 6.60. The van der Waals surface area contributed by atoms with E-state index in [2.05, 4.69) is 0 Å². The quantitative estimate of drug-likeness (QED) is 0.629. The number of carbonyl (C=O) groups excluding carboxylic acids is 3. The zero-order valence-electron chi connectivity index (χ0n) is 14.2. The fourth-order valence-electron chi connectivity index (χ4n) is 2.27. The Balaban J connectivity index is 2.55. The molecule has 136 valence electrons. The van der Waals surface area contributed by atoms with E-state index in [0.29, 0.717) is 0 Å². The number of carbonyl (C=O) groups is 3. The maximum absolute atomic E-state index is 13.4. The third-order valence-corrected chi connectivity index (χ3v) is 3.42. The van der Waals surface area contributed by atoms with Gasteiger partial charge in [-0.1, -0.05) is 0 Å². The van der Waals surface area contributed by atoms with E-state index in [4.69, 9.17) is 9.47 Å². The molecule has 2 aromatic carbocycles. The highest BCUT2D eigenvalue weighted by Gasteiger charge is 2.20. The highest BCUT2D eigenvalue weighted by Crippen LogP contribution is 2.23. The molecule has 0 aromatic heterocycles. The normalized spacial score (nSPS) is 10.3. The fraction of sp³-hybridized carbons (Fsp3) is 0.211. The van der Waals surface area contributed by atoms with Gasteiger partial charge in [-0.05, 0) is 50.2 Å². The lowest BCUT2D eigenvalue weighted by Gasteiger charge is -2.10. The monoisotopic (exact) mass is 360 g/mol. The van der Waals surface area contributed by atoms with Crippen LogP contribution in [0.4, 0.5) is 4.39 Å². The molecule has 0 atom stereocenters.